The van der Waals surface area contributed by atoms with Crippen molar-refractivity contribution >= 4 is 28.4 Å². The molecule has 7 nitrogen and oxygen atoms in total. The molecule has 0 aliphatic rings. The SMILES string of the molecule is COC(=O)c1cc(S(=O)(=O)NC(C)(C)CN)c(C)o1.Cl. The maximum atomic E-state index is 12.2. The van der Waals surface area contributed by atoms with Gasteiger partial charge in [-0.25, -0.2) is 17.9 Å². The number of carbonyl (C=O) groups is 1. The molecule has 0 saturated carbocycles. The van der Waals surface area contributed by atoms with Gasteiger partial charge in [0.1, 0.15) is 10.7 Å². The number of esters is 1. The van der Waals surface area contributed by atoms with Crippen LogP contribution in [0.2, 0.25) is 0 Å². The van der Waals surface area contributed by atoms with Crippen LogP contribution in [-0.2, 0) is 14.8 Å². The van der Waals surface area contributed by atoms with Crippen LogP contribution in [0.3, 0.4) is 0 Å². The van der Waals surface area contributed by atoms with Gasteiger partial charge in [0.15, 0.2) is 0 Å². The van der Waals surface area contributed by atoms with E-state index in [9.17, 15) is 13.2 Å². The van der Waals surface area contributed by atoms with Crippen LogP contribution in [0.25, 0.3) is 0 Å². The third-order valence-corrected chi connectivity index (χ3v) is 4.27. The lowest BCUT2D eigenvalue weighted by molar-refractivity contribution is 0.0563. The molecular weight excluding hydrogens is 308 g/mol. The Hall–Kier alpha value is -1.09. The van der Waals surface area contributed by atoms with Crippen molar-refractivity contribution in [1.29, 1.82) is 0 Å². The standard InChI is InChI=1S/C11H18N2O5S.ClH/c1-7-9(5-8(18-7)10(14)17-4)19(15,16)13-11(2,3)6-12;/h5,13H,6,12H2,1-4H3;1H. The van der Waals surface area contributed by atoms with Crippen molar-refractivity contribution in [1.82, 2.24) is 4.72 Å². The summed E-state index contributed by atoms with van der Waals surface area (Å²) in [5.41, 5.74) is 4.68. The van der Waals surface area contributed by atoms with Gasteiger partial charge in [0.2, 0.25) is 15.8 Å². The molecule has 1 rings (SSSR count). The zero-order valence-electron chi connectivity index (χ0n) is 11.7. The minimum absolute atomic E-state index is 0. The summed E-state index contributed by atoms with van der Waals surface area (Å²) >= 11 is 0. The fraction of sp³-hybridized carbons (Fsp3) is 0.545. The van der Waals surface area contributed by atoms with Crippen LogP contribution in [0.15, 0.2) is 15.4 Å². The average molecular weight is 327 g/mol. The Kier molecular flexibility index (Phi) is 6.22. The van der Waals surface area contributed by atoms with E-state index in [1.807, 2.05) is 0 Å². The molecule has 0 atom stereocenters. The van der Waals surface area contributed by atoms with Crippen LogP contribution in [0.5, 0.6) is 0 Å². The number of nitrogens with one attached hydrogen (secondary N) is 1. The highest BCUT2D eigenvalue weighted by Gasteiger charge is 2.29. The molecule has 1 aromatic heterocycles. The molecule has 1 heterocycles. The number of sulfonamides is 1. The number of halogens is 1. The molecule has 0 aromatic carbocycles. The monoisotopic (exact) mass is 326 g/mol. The molecule has 1 aromatic rings. The summed E-state index contributed by atoms with van der Waals surface area (Å²) in [4.78, 5) is 11.2. The van der Waals surface area contributed by atoms with Crippen molar-refractivity contribution in [3.63, 3.8) is 0 Å². The van der Waals surface area contributed by atoms with Crippen molar-refractivity contribution < 1.29 is 22.4 Å². The highest BCUT2D eigenvalue weighted by molar-refractivity contribution is 7.89. The van der Waals surface area contributed by atoms with E-state index in [-0.39, 0.29) is 35.4 Å². The topological polar surface area (TPSA) is 112 Å². The fourth-order valence-electron chi connectivity index (χ4n) is 1.39. The molecule has 0 bridgehead atoms. The molecule has 3 N–H and O–H groups in total. The number of methoxy groups -OCH3 is 1. The first-order valence-electron chi connectivity index (χ1n) is 5.56. The summed E-state index contributed by atoms with van der Waals surface area (Å²) in [7, 11) is -2.63. The van der Waals surface area contributed by atoms with E-state index < -0.39 is 21.5 Å². The second kappa shape index (κ2) is 6.57. The van der Waals surface area contributed by atoms with Crippen molar-refractivity contribution in [2.75, 3.05) is 13.7 Å². The highest BCUT2D eigenvalue weighted by Crippen LogP contribution is 2.21. The van der Waals surface area contributed by atoms with E-state index in [0.717, 1.165) is 6.07 Å². The Morgan fingerprint density at radius 3 is 2.50 bits per heavy atom. The zero-order chi connectivity index (χ0) is 14.8. The van der Waals surface area contributed by atoms with Crippen LogP contribution in [0.1, 0.15) is 30.2 Å². The summed E-state index contributed by atoms with van der Waals surface area (Å²) in [6.45, 7) is 4.89. The van der Waals surface area contributed by atoms with E-state index in [4.69, 9.17) is 10.2 Å². The Balaban J connectivity index is 0.00000361. The lowest BCUT2D eigenvalue weighted by atomic mass is 10.1. The van der Waals surface area contributed by atoms with Gasteiger partial charge < -0.3 is 14.9 Å². The molecule has 0 fully saturated rings. The Labute approximate surface area is 124 Å². The number of nitrogens with two attached hydrogens (primary N) is 1. The van der Waals surface area contributed by atoms with Crippen LogP contribution < -0.4 is 10.5 Å². The average Bonchev–Trinajstić information content (AvgIpc) is 2.70. The van der Waals surface area contributed by atoms with Gasteiger partial charge >= 0.3 is 5.97 Å². The minimum Gasteiger partial charge on any atom is -0.463 e. The summed E-state index contributed by atoms with van der Waals surface area (Å²) in [6, 6.07) is 1.14. The number of hydrogen-bond donors (Lipinski definition) is 2. The number of carbonyl (C=O) groups excluding carboxylic acids is 1. The number of hydrogen-bond acceptors (Lipinski definition) is 6. The van der Waals surface area contributed by atoms with Gasteiger partial charge in [0.25, 0.3) is 0 Å². The normalized spacial score (nSPS) is 11.8. The predicted molar refractivity (Wildman–Crippen MR) is 75.5 cm³/mol. The lowest BCUT2D eigenvalue weighted by Crippen LogP contribution is -2.48. The number of aryl methyl sites for hydroxylation is 1. The van der Waals surface area contributed by atoms with E-state index >= 15 is 0 Å². The fourth-order valence-corrected chi connectivity index (χ4v) is 3.00. The van der Waals surface area contributed by atoms with E-state index in [0.29, 0.717) is 0 Å². The third-order valence-electron chi connectivity index (χ3n) is 2.47. The maximum Gasteiger partial charge on any atom is 0.373 e. The summed E-state index contributed by atoms with van der Waals surface area (Å²) in [5.74, 6) is -0.783. The first-order chi connectivity index (χ1) is 8.63. The maximum absolute atomic E-state index is 12.2. The van der Waals surface area contributed by atoms with E-state index in [1.54, 1.807) is 13.8 Å². The first kappa shape index (κ1) is 18.9. The van der Waals surface area contributed by atoms with Crippen molar-refractivity contribution in [3.05, 3.63) is 17.6 Å². The Morgan fingerprint density at radius 2 is 2.05 bits per heavy atom. The zero-order valence-corrected chi connectivity index (χ0v) is 13.4. The molecule has 0 amide bonds. The van der Waals surface area contributed by atoms with Crippen molar-refractivity contribution in [3.8, 4) is 0 Å². The molecule has 116 valence electrons. The van der Waals surface area contributed by atoms with Crippen molar-refractivity contribution in [2.24, 2.45) is 5.73 Å². The largest absolute Gasteiger partial charge is 0.463 e. The van der Waals surface area contributed by atoms with Crippen LogP contribution in [0, 0.1) is 6.92 Å². The number of ether oxygens (including phenoxy) is 1. The molecule has 9 heteroatoms. The molecule has 0 spiro atoms. The number of furan rings is 1. The second-order valence-electron chi connectivity index (χ2n) is 4.72. The van der Waals surface area contributed by atoms with Gasteiger partial charge in [-0.1, -0.05) is 0 Å². The Bertz CT molecular complexity index is 580. The molecule has 20 heavy (non-hydrogen) atoms. The Morgan fingerprint density at radius 1 is 1.50 bits per heavy atom. The second-order valence-corrected chi connectivity index (χ2v) is 6.37. The molecule has 0 radical (unpaired) electrons. The summed E-state index contributed by atoms with van der Waals surface area (Å²) in [5, 5.41) is 0. The first-order valence-corrected chi connectivity index (χ1v) is 7.04. The van der Waals surface area contributed by atoms with Gasteiger partial charge in [-0.2, -0.15) is 0 Å². The lowest BCUT2D eigenvalue weighted by Gasteiger charge is -2.23. The van der Waals surface area contributed by atoms with Crippen LogP contribution in [0.4, 0.5) is 0 Å². The van der Waals surface area contributed by atoms with Gasteiger partial charge in [-0.3, -0.25) is 0 Å². The van der Waals surface area contributed by atoms with Crippen molar-refractivity contribution in [2.45, 2.75) is 31.2 Å². The molecule has 0 unspecified atom stereocenters. The quantitative estimate of drug-likeness (QED) is 0.774. The third kappa shape index (κ3) is 4.20. The number of rotatable bonds is 5. The van der Waals surface area contributed by atoms with E-state index in [1.165, 1.54) is 14.0 Å². The summed E-state index contributed by atoms with van der Waals surface area (Å²) < 4.78 is 36.3. The van der Waals surface area contributed by atoms with Crippen LogP contribution >= 0.6 is 12.4 Å². The smallest absolute Gasteiger partial charge is 0.373 e. The van der Waals surface area contributed by atoms with Gasteiger partial charge in [0, 0.05) is 18.2 Å². The van der Waals surface area contributed by atoms with E-state index in [2.05, 4.69) is 9.46 Å². The molecule has 0 aliphatic carbocycles. The predicted octanol–water partition coefficient (Wildman–Crippen LogP) is 0.812. The van der Waals surface area contributed by atoms with Gasteiger partial charge in [-0.05, 0) is 20.8 Å². The summed E-state index contributed by atoms with van der Waals surface area (Å²) in [6.07, 6.45) is 0. The molecular formula is C11H19ClN2O5S. The highest BCUT2D eigenvalue weighted by atomic mass is 35.5. The molecule has 0 aliphatic heterocycles. The van der Waals surface area contributed by atoms with Gasteiger partial charge in [0.05, 0.1) is 7.11 Å². The molecule has 0 saturated heterocycles. The van der Waals surface area contributed by atoms with Gasteiger partial charge in [-0.15, -0.1) is 12.4 Å². The van der Waals surface area contributed by atoms with Crippen LogP contribution in [-0.4, -0.2) is 33.6 Å². The minimum atomic E-state index is -3.81.